The molecule has 0 atom stereocenters. The molecule has 3 aliphatic carbocycles. The van der Waals surface area contributed by atoms with Crippen molar-refractivity contribution in [1.29, 1.82) is 0 Å². The highest BCUT2D eigenvalue weighted by Crippen LogP contribution is 2.59. The second-order valence-corrected chi connectivity index (χ2v) is 12.6. The van der Waals surface area contributed by atoms with Gasteiger partial charge in [-0.3, -0.25) is 0 Å². The van der Waals surface area contributed by atoms with Crippen LogP contribution in [0.5, 0.6) is 0 Å². The van der Waals surface area contributed by atoms with E-state index in [9.17, 15) is 21.6 Å². The van der Waals surface area contributed by atoms with Gasteiger partial charge in [0.25, 0.3) is 0 Å². The zero-order chi connectivity index (χ0) is 23.4. The number of halogens is 3. The molecule has 0 unspecified atom stereocenters. The van der Waals surface area contributed by atoms with E-state index in [1.165, 1.54) is 12.1 Å². The Hall–Kier alpha value is -1.90. The smallest absolute Gasteiger partial charge is 0.314 e. The van der Waals surface area contributed by atoms with Gasteiger partial charge in [0.2, 0.25) is 0 Å². The molecule has 1 aromatic carbocycles. The Labute approximate surface area is 187 Å². The third-order valence-electron chi connectivity index (χ3n) is 7.86. The lowest BCUT2D eigenvalue weighted by Gasteiger charge is -2.53. The number of benzene rings is 1. The standard InChI is InChI=1S/C23H30F3N3O2S/c1-16(2)32(30,31)15-14-21-8-11-22(12-9-21,13-10-21)20-28-27-19(29(20)3)17-6-4-5-7-18(17)23(24,25)26/h4-7,16H,8-15H2,1-3H3. The summed E-state index contributed by atoms with van der Waals surface area (Å²) in [6.45, 7) is 3.45. The van der Waals surface area contributed by atoms with Crippen molar-refractivity contribution < 1.29 is 21.6 Å². The molecule has 1 heterocycles. The predicted molar refractivity (Wildman–Crippen MR) is 117 cm³/mol. The SMILES string of the molecule is CC(C)S(=O)(=O)CCC12CCC(c3nnc(-c4ccccc4C(F)(F)F)n3C)(CC1)CC2. The quantitative estimate of drug-likeness (QED) is 0.575. The molecule has 0 N–H and O–H groups in total. The van der Waals surface area contributed by atoms with E-state index in [2.05, 4.69) is 10.2 Å². The summed E-state index contributed by atoms with van der Waals surface area (Å²) >= 11 is 0. The molecular weight excluding hydrogens is 439 g/mol. The normalized spacial score (nSPS) is 26.1. The molecule has 0 aliphatic heterocycles. The maximum atomic E-state index is 13.5. The number of rotatable bonds is 6. The summed E-state index contributed by atoms with van der Waals surface area (Å²) in [5, 5.41) is 8.21. The summed E-state index contributed by atoms with van der Waals surface area (Å²) in [7, 11) is -1.32. The maximum Gasteiger partial charge on any atom is 0.417 e. The van der Waals surface area contributed by atoms with Crippen molar-refractivity contribution in [2.75, 3.05) is 5.75 Å². The molecule has 32 heavy (non-hydrogen) atoms. The van der Waals surface area contributed by atoms with Gasteiger partial charge in [0.1, 0.15) is 5.82 Å². The monoisotopic (exact) mass is 469 g/mol. The highest BCUT2D eigenvalue weighted by Gasteiger charge is 2.51. The fourth-order valence-electron chi connectivity index (χ4n) is 5.52. The van der Waals surface area contributed by atoms with E-state index in [0.29, 0.717) is 6.42 Å². The first-order valence-electron chi connectivity index (χ1n) is 11.2. The van der Waals surface area contributed by atoms with E-state index < -0.39 is 21.6 Å². The molecule has 3 fully saturated rings. The van der Waals surface area contributed by atoms with E-state index in [1.807, 2.05) is 0 Å². The van der Waals surface area contributed by atoms with Crippen LogP contribution in [0.15, 0.2) is 24.3 Å². The molecule has 176 valence electrons. The number of aromatic nitrogens is 3. The zero-order valence-corrected chi connectivity index (χ0v) is 19.6. The van der Waals surface area contributed by atoms with E-state index in [1.54, 1.807) is 31.5 Å². The van der Waals surface area contributed by atoms with Gasteiger partial charge in [-0.05, 0) is 70.3 Å². The van der Waals surface area contributed by atoms with Crippen LogP contribution in [-0.4, -0.2) is 34.2 Å². The zero-order valence-electron chi connectivity index (χ0n) is 18.7. The summed E-state index contributed by atoms with van der Waals surface area (Å²) in [6, 6.07) is 5.47. The van der Waals surface area contributed by atoms with Crippen LogP contribution >= 0.6 is 0 Å². The van der Waals surface area contributed by atoms with E-state index in [-0.39, 0.29) is 33.2 Å². The first kappa shape index (κ1) is 23.3. The van der Waals surface area contributed by atoms with Gasteiger partial charge < -0.3 is 4.57 Å². The van der Waals surface area contributed by atoms with Gasteiger partial charge in [0.05, 0.1) is 16.6 Å². The highest BCUT2D eigenvalue weighted by molar-refractivity contribution is 7.91. The average Bonchev–Trinajstić information content (AvgIpc) is 3.15. The Morgan fingerprint density at radius 1 is 1.03 bits per heavy atom. The van der Waals surface area contributed by atoms with Gasteiger partial charge in [0.15, 0.2) is 15.7 Å². The largest absolute Gasteiger partial charge is 0.417 e. The molecule has 5 rings (SSSR count). The molecule has 0 spiro atoms. The van der Waals surface area contributed by atoms with Gasteiger partial charge >= 0.3 is 6.18 Å². The molecule has 3 saturated carbocycles. The number of hydrogen-bond acceptors (Lipinski definition) is 4. The first-order chi connectivity index (χ1) is 14.9. The van der Waals surface area contributed by atoms with Gasteiger partial charge in [-0.15, -0.1) is 10.2 Å². The maximum absolute atomic E-state index is 13.5. The topological polar surface area (TPSA) is 64.8 Å². The third kappa shape index (κ3) is 3.97. The minimum atomic E-state index is -4.47. The average molecular weight is 470 g/mol. The molecule has 1 aromatic heterocycles. The molecule has 0 amide bonds. The van der Waals surface area contributed by atoms with Crippen LogP contribution in [0.25, 0.3) is 11.4 Å². The van der Waals surface area contributed by atoms with Gasteiger partial charge in [-0.2, -0.15) is 13.2 Å². The van der Waals surface area contributed by atoms with Crippen molar-refractivity contribution in [3.05, 3.63) is 35.7 Å². The Kier molecular flexibility index (Phi) is 5.71. The minimum absolute atomic E-state index is 0.0394. The van der Waals surface area contributed by atoms with Crippen LogP contribution in [0, 0.1) is 5.41 Å². The van der Waals surface area contributed by atoms with Crippen molar-refractivity contribution in [2.45, 2.75) is 75.6 Å². The van der Waals surface area contributed by atoms with Crippen molar-refractivity contribution in [1.82, 2.24) is 14.8 Å². The number of sulfone groups is 1. The molecular formula is C23H30F3N3O2S. The van der Waals surface area contributed by atoms with Crippen molar-refractivity contribution in [3.63, 3.8) is 0 Å². The Bertz CT molecular complexity index is 1080. The van der Waals surface area contributed by atoms with Gasteiger partial charge in [0, 0.05) is 18.0 Å². The Morgan fingerprint density at radius 3 is 2.19 bits per heavy atom. The lowest BCUT2D eigenvalue weighted by atomic mass is 9.52. The van der Waals surface area contributed by atoms with Crippen molar-refractivity contribution >= 4 is 9.84 Å². The molecule has 0 radical (unpaired) electrons. The van der Waals surface area contributed by atoms with Gasteiger partial charge in [-0.1, -0.05) is 18.2 Å². The van der Waals surface area contributed by atoms with Crippen LogP contribution in [0.3, 0.4) is 0 Å². The van der Waals surface area contributed by atoms with Crippen LogP contribution in [0.2, 0.25) is 0 Å². The number of fused-ring (bicyclic) bond motifs is 3. The predicted octanol–water partition coefficient (Wildman–Crippen LogP) is 5.31. The summed E-state index contributed by atoms with van der Waals surface area (Å²) in [4.78, 5) is 0. The van der Waals surface area contributed by atoms with Gasteiger partial charge in [-0.25, -0.2) is 8.42 Å². The van der Waals surface area contributed by atoms with Crippen LogP contribution in [0.4, 0.5) is 13.2 Å². The molecule has 0 saturated heterocycles. The van der Waals surface area contributed by atoms with E-state index >= 15 is 0 Å². The summed E-state index contributed by atoms with van der Waals surface area (Å²) in [5.74, 6) is 1.19. The molecule has 2 aromatic rings. The number of hydrogen-bond donors (Lipinski definition) is 0. The highest BCUT2D eigenvalue weighted by atomic mass is 32.2. The fraction of sp³-hybridized carbons (Fsp3) is 0.652. The Morgan fingerprint density at radius 2 is 1.62 bits per heavy atom. The second kappa shape index (κ2) is 7.85. The first-order valence-corrected chi connectivity index (χ1v) is 12.9. The molecule has 5 nitrogen and oxygen atoms in total. The second-order valence-electron chi connectivity index (χ2n) is 9.90. The van der Waals surface area contributed by atoms with E-state index in [0.717, 1.165) is 50.4 Å². The van der Waals surface area contributed by atoms with E-state index in [4.69, 9.17) is 0 Å². The number of alkyl halides is 3. The molecule has 2 bridgehead atoms. The van der Waals surface area contributed by atoms with Crippen molar-refractivity contribution in [2.24, 2.45) is 12.5 Å². The molecule has 3 aliphatic rings. The lowest BCUT2D eigenvalue weighted by molar-refractivity contribution is -0.137. The minimum Gasteiger partial charge on any atom is -0.314 e. The van der Waals surface area contributed by atoms with Crippen LogP contribution in [-0.2, 0) is 28.5 Å². The molecule has 9 heteroatoms. The summed E-state index contributed by atoms with van der Waals surface area (Å²) in [5.41, 5.74) is -0.824. The van der Waals surface area contributed by atoms with Crippen LogP contribution < -0.4 is 0 Å². The number of nitrogens with zero attached hydrogens (tertiary/aromatic N) is 3. The summed E-state index contributed by atoms with van der Waals surface area (Å²) in [6.07, 6.45) is 1.57. The van der Waals surface area contributed by atoms with Crippen LogP contribution in [0.1, 0.15) is 70.2 Å². The third-order valence-corrected chi connectivity index (χ3v) is 10.1. The summed E-state index contributed by atoms with van der Waals surface area (Å²) < 4.78 is 66.9. The van der Waals surface area contributed by atoms with Crippen molar-refractivity contribution in [3.8, 4) is 11.4 Å². The Balaban J connectivity index is 1.57. The fourth-order valence-corrected chi connectivity index (χ4v) is 6.71. The lowest BCUT2D eigenvalue weighted by Crippen LogP contribution is -2.46.